The summed E-state index contributed by atoms with van der Waals surface area (Å²) in [5.41, 5.74) is 2.32. The summed E-state index contributed by atoms with van der Waals surface area (Å²) in [5, 5.41) is 1.62. The molecule has 0 saturated carbocycles. The molecule has 0 aliphatic carbocycles. The molecule has 0 N–H and O–H groups in total. The van der Waals surface area contributed by atoms with E-state index >= 15 is 0 Å². The van der Waals surface area contributed by atoms with Crippen LogP contribution in [0.2, 0.25) is 5.02 Å². The average Bonchev–Trinajstić information content (AvgIpc) is 2.29. The minimum absolute atomic E-state index is 0.295. The molecule has 1 atom stereocenters. The van der Waals surface area contributed by atoms with Crippen molar-refractivity contribution in [1.29, 1.82) is 0 Å². The highest BCUT2D eigenvalue weighted by atomic mass is 79.9. The van der Waals surface area contributed by atoms with E-state index in [0.717, 1.165) is 35.6 Å². The topological polar surface area (TPSA) is 12.5 Å². The summed E-state index contributed by atoms with van der Waals surface area (Å²) in [6.45, 7) is 4.76. The summed E-state index contributed by atoms with van der Waals surface area (Å²) >= 11 is 9.62. The van der Waals surface area contributed by atoms with E-state index in [4.69, 9.17) is 16.3 Å². The molecule has 1 fully saturated rings. The minimum Gasteiger partial charge on any atom is -0.375 e. The van der Waals surface area contributed by atoms with Crippen LogP contribution in [0.1, 0.15) is 12.5 Å². The molecule has 1 aliphatic heterocycles. The predicted molar refractivity (Wildman–Crippen MR) is 71.7 cm³/mol. The molecule has 1 heterocycles. The molecule has 1 aromatic carbocycles. The van der Waals surface area contributed by atoms with Crippen molar-refractivity contribution in [3.63, 3.8) is 0 Å². The SMILES string of the molecule is CC1CN(c2ccc(CBr)c(Cl)c2)CCO1. The highest BCUT2D eigenvalue weighted by Gasteiger charge is 2.17. The van der Waals surface area contributed by atoms with Crippen LogP contribution in [0.25, 0.3) is 0 Å². The second kappa shape index (κ2) is 5.39. The zero-order valence-corrected chi connectivity index (χ0v) is 11.6. The molecule has 1 saturated heterocycles. The minimum atomic E-state index is 0.295. The molecular formula is C12H15BrClNO. The van der Waals surface area contributed by atoms with Crippen LogP contribution in [0.15, 0.2) is 18.2 Å². The van der Waals surface area contributed by atoms with Crippen molar-refractivity contribution in [2.24, 2.45) is 0 Å². The van der Waals surface area contributed by atoms with E-state index in [1.807, 2.05) is 6.07 Å². The van der Waals surface area contributed by atoms with E-state index in [9.17, 15) is 0 Å². The maximum atomic E-state index is 6.20. The largest absolute Gasteiger partial charge is 0.375 e. The quantitative estimate of drug-likeness (QED) is 0.776. The fourth-order valence-corrected chi connectivity index (χ4v) is 2.79. The number of hydrogen-bond acceptors (Lipinski definition) is 2. The number of halogens is 2. The zero-order chi connectivity index (χ0) is 11.5. The number of nitrogens with zero attached hydrogens (tertiary/aromatic N) is 1. The first-order valence-corrected chi connectivity index (χ1v) is 6.91. The number of hydrogen-bond donors (Lipinski definition) is 0. The van der Waals surface area contributed by atoms with Crippen LogP contribution < -0.4 is 4.90 Å². The van der Waals surface area contributed by atoms with Gasteiger partial charge in [0.15, 0.2) is 0 Å². The molecule has 16 heavy (non-hydrogen) atoms. The first-order valence-electron chi connectivity index (χ1n) is 5.41. The van der Waals surface area contributed by atoms with Gasteiger partial charge >= 0.3 is 0 Å². The fourth-order valence-electron chi connectivity index (χ4n) is 1.89. The number of benzene rings is 1. The third-order valence-corrected chi connectivity index (χ3v) is 3.74. The molecule has 0 amide bonds. The van der Waals surface area contributed by atoms with Crippen molar-refractivity contribution < 1.29 is 4.74 Å². The molecule has 0 bridgehead atoms. The third kappa shape index (κ3) is 2.70. The lowest BCUT2D eigenvalue weighted by atomic mass is 10.2. The number of ether oxygens (including phenoxy) is 1. The van der Waals surface area contributed by atoms with Crippen LogP contribution >= 0.6 is 27.5 Å². The summed E-state index contributed by atoms with van der Waals surface area (Å²) in [5.74, 6) is 0. The van der Waals surface area contributed by atoms with Gasteiger partial charge in [0.2, 0.25) is 0 Å². The second-order valence-electron chi connectivity index (χ2n) is 4.04. The van der Waals surface area contributed by atoms with E-state index in [1.54, 1.807) is 0 Å². The molecule has 88 valence electrons. The van der Waals surface area contributed by atoms with Gasteiger partial charge in [0, 0.05) is 29.1 Å². The zero-order valence-electron chi connectivity index (χ0n) is 9.25. The first kappa shape index (κ1) is 12.2. The Balaban J connectivity index is 2.17. The van der Waals surface area contributed by atoms with Crippen LogP contribution in [0.5, 0.6) is 0 Å². The Morgan fingerprint density at radius 2 is 2.38 bits per heavy atom. The van der Waals surface area contributed by atoms with Crippen molar-refractivity contribution in [1.82, 2.24) is 0 Å². The van der Waals surface area contributed by atoms with Gasteiger partial charge < -0.3 is 9.64 Å². The predicted octanol–water partition coefficient (Wildman–Crippen LogP) is 3.46. The van der Waals surface area contributed by atoms with Gasteiger partial charge in [-0.25, -0.2) is 0 Å². The van der Waals surface area contributed by atoms with E-state index in [-0.39, 0.29) is 0 Å². The van der Waals surface area contributed by atoms with Gasteiger partial charge in [-0.3, -0.25) is 0 Å². The lowest BCUT2D eigenvalue weighted by molar-refractivity contribution is 0.0532. The summed E-state index contributed by atoms with van der Waals surface area (Å²) in [6.07, 6.45) is 0.295. The molecule has 1 aliphatic rings. The molecule has 2 nitrogen and oxygen atoms in total. The van der Waals surface area contributed by atoms with Crippen LogP contribution in [0, 0.1) is 0 Å². The van der Waals surface area contributed by atoms with Crippen molar-refractivity contribution in [3.05, 3.63) is 28.8 Å². The highest BCUT2D eigenvalue weighted by molar-refractivity contribution is 9.08. The Bertz CT molecular complexity index is 372. The van der Waals surface area contributed by atoms with Crippen LogP contribution in [-0.2, 0) is 10.1 Å². The molecule has 0 spiro atoms. The summed E-state index contributed by atoms with van der Waals surface area (Å²) in [7, 11) is 0. The van der Waals surface area contributed by atoms with Gasteiger partial charge in [-0.15, -0.1) is 0 Å². The van der Waals surface area contributed by atoms with Crippen LogP contribution in [-0.4, -0.2) is 25.8 Å². The molecule has 1 aromatic rings. The van der Waals surface area contributed by atoms with Crippen molar-refractivity contribution >= 4 is 33.2 Å². The van der Waals surface area contributed by atoms with Gasteiger partial charge in [-0.1, -0.05) is 33.6 Å². The van der Waals surface area contributed by atoms with Gasteiger partial charge in [-0.05, 0) is 24.6 Å². The lowest BCUT2D eigenvalue weighted by Crippen LogP contribution is -2.41. The Kier molecular flexibility index (Phi) is 4.11. The molecule has 4 heteroatoms. The number of rotatable bonds is 2. The summed E-state index contributed by atoms with van der Waals surface area (Å²) in [6, 6.07) is 6.24. The van der Waals surface area contributed by atoms with Gasteiger partial charge in [-0.2, -0.15) is 0 Å². The second-order valence-corrected chi connectivity index (χ2v) is 5.00. The van der Waals surface area contributed by atoms with Gasteiger partial charge in [0.05, 0.1) is 12.7 Å². The standard InChI is InChI=1S/C12H15BrClNO/c1-9-8-15(4-5-16-9)11-3-2-10(7-13)12(14)6-11/h2-3,6,9H,4-5,7-8H2,1H3. The molecule has 1 unspecified atom stereocenters. The van der Waals surface area contributed by atoms with Crippen LogP contribution in [0.4, 0.5) is 5.69 Å². The van der Waals surface area contributed by atoms with Crippen molar-refractivity contribution in [2.75, 3.05) is 24.6 Å². The van der Waals surface area contributed by atoms with Crippen molar-refractivity contribution in [2.45, 2.75) is 18.4 Å². The molecular weight excluding hydrogens is 289 g/mol. The lowest BCUT2D eigenvalue weighted by Gasteiger charge is -2.33. The Morgan fingerprint density at radius 3 is 3.00 bits per heavy atom. The number of alkyl halides is 1. The summed E-state index contributed by atoms with van der Waals surface area (Å²) < 4.78 is 5.52. The summed E-state index contributed by atoms with van der Waals surface area (Å²) in [4.78, 5) is 2.32. The average molecular weight is 305 g/mol. The van der Waals surface area contributed by atoms with Crippen molar-refractivity contribution in [3.8, 4) is 0 Å². The maximum absolute atomic E-state index is 6.20. The molecule has 0 aromatic heterocycles. The van der Waals surface area contributed by atoms with E-state index in [1.165, 1.54) is 5.69 Å². The Labute approximate surface area is 110 Å². The number of morpholine rings is 1. The Morgan fingerprint density at radius 1 is 1.56 bits per heavy atom. The monoisotopic (exact) mass is 303 g/mol. The Hall–Kier alpha value is -0.250. The fraction of sp³-hybridized carbons (Fsp3) is 0.500. The molecule has 2 rings (SSSR count). The van der Waals surface area contributed by atoms with E-state index in [0.29, 0.717) is 6.10 Å². The third-order valence-electron chi connectivity index (χ3n) is 2.79. The first-order chi connectivity index (χ1) is 7.70. The van der Waals surface area contributed by atoms with Crippen LogP contribution in [0.3, 0.4) is 0 Å². The van der Waals surface area contributed by atoms with E-state index in [2.05, 4.69) is 39.9 Å². The van der Waals surface area contributed by atoms with E-state index < -0.39 is 0 Å². The maximum Gasteiger partial charge on any atom is 0.0722 e. The normalized spacial score (nSPS) is 21.2. The van der Waals surface area contributed by atoms with Gasteiger partial charge in [0.25, 0.3) is 0 Å². The number of anilines is 1. The van der Waals surface area contributed by atoms with Gasteiger partial charge in [0.1, 0.15) is 0 Å². The smallest absolute Gasteiger partial charge is 0.0722 e. The highest BCUT2D eigenvalue weighted by Crippen LogP contribution is 2.26. The molecule has 0 radical (unpaired) electrons.